The van der Waals surface area contributed by atoms with Crippen molar-refractivity contribution in [3.63, 3.8) is 0 Å². The van der Waals surface area contributed by atoms with E-state index in [4.69, 9.17) is 0 Å². The molecule has 0 aromatic carbocycles. The van der Waals surface area contributed by atoms with Gasteiger partial charge in [0.15, 0.2) is 0 Å². The number of halogens is 9. The Bertz CT molecular complexity index is 877. The lowest BCUT2D eigenvalue weighted by Crippen LogP contribution is -2.49. The molecular weight excluding hydrogens is 479 g/mol. The summed E-state index contributed by atoms with van der Waals surface area (Å²) in [6.45, 7) is -0.455. The van der Waals surface area contributed by atoms with Gasteiger partial charge in [-0.25, -0.2) is 14.8 Å². The third-order valence-corrected chi connectivity index (χ3v) is 5.51. The molecule has 2 amide bonds. The van der Waals surface area contributed by atoms with E-state index in [-0.39, 0.29) is 31.6 Å². The number of ether oxygens (including phenoxy) is 1. The van der Waals surface area contributed by atoms with Gasteiger partial charge in [0.05, 0.1) is 18.1 Å². The average molecular weight is 494 g/mol. The van der Waals surface area contributed by atoms with E-state index in [9.17, 15) is 49.1 Å². The molecule has 1 atom stereocenters. The Morgan fingerprint density at radius 2 is 1.52 bits per heavy atom. The highest BCUT2D eigenvalue weighted by molar-refractivity contribution is 5.94. The van der Waals surface area contributed by atoms with Crippen molar-refractivity contribution in [2.45, 2.75) is 43.9 Å². The van der Waals surface area contributed by atoms with Crippen molar-refractivity contribution in [2.75, 3.05) is 18.4 Å². The van der Waals surface area contributed by atoms with Crippen LogP contribution in [0.2, 0.25) is 0 Å². The van der Waals surface area contributed by atoms with Crippen LogP contribution in [0.25, 0.3) is 0 Å². The number of amides is 2. The zero-order valence-electron chi connectivity index (χ0n) is 16.3. The molecule has 2 fully saturated rings. The number of anilines is 1. The number of alkyl halides is 9. The van der Waals surface area contributed by atoms with E-state index in [1.54, 1.807) is 0 Å². The molecule has 3 rings (SSSR count). The molecule has 1 aromatic rings. The summed E-state index contributed by atoms with van der Waals surface area (Å²) in [6, 6.07) is 0. The van der Waals surface area contributed by atoms with Crippen LogP contribution in [0.15, 0.2) is 12.4 Å². The largest absolute Gasteiger partial charge is 0.451 e. The Labute approximate surface area is 179 Å². The Hall–Kier alpha value is -2.81. The van der Waals surface area contributed by atoms with Gasteiger partial charge in [0.25, 0.3) is 6.10 Å². The minimum absolute atomic E-state index is 0.0820. The number of nitrogens with zero attached hydrogens (tertiary/aromatic N) is 3. The summed E-state index contributed by atoms with van der Waals surface area (Å²) in [7, 11) is 0. The number of aromatic nitrogens is 2. The van der Waals surface area contributed by atoms with Crippen LogP contribution >= 0.6 is 0 Å². The maximum Gasteiger partial charge on any atom is 0.451 e. The molecule has 33 heavy (non-hydrogen) atoms. The van der Waals surface area contributed by atoms with Gasteiger partial charge in [0.2, 0.25) is 11.7 Å². The van der Waals surface area contributed by atoms with E-state index in [1.807, 2.05) is 0 Å². The van der Waals surface area contributed by atoms with Crippen LogP contribution in [0, 0.1) is 11.3 Å². The van der Waals surface area contributed by atoms with E-state index in [2.05, 4.69) is 20.0 Å². The summed E-state index contributed by atoms with van der Waals surface area (Å²) in [4.78, 5) is 31.1. The Morgan fingerprint density at radius 1 is 1.00 bits per heavy atom. The lowest BCUT2D eigenvalue weighted by atomic mass is 9.91. The van der Waals surface area contributed by atoms with Crippen molar-refractivity contribution >= 4 is 17.7 Å². The molecule has 7 nitrogen and oxygen atoms in total. The molecule has 1 aliphatic carbocycles. The van der Waals surface area contributed by atoms with Crippen LogP contribution < -0.4 is 5.32 Å². The van der Waals surface area contributed by atoms with Crippen LogP contribution in [0.4, 0.5) is 50.0 Å². The van der Waals surface area contributed by atoms with Gasteiger partial charge in [0.1, 0.15) is 0 Å². The number of carbonyl (C=O) groups excluding carboxylic acids is 2. The fourth-order valence-electron chi connectivity index (χ4n) is 3.67. The molecule has 1 saturated carbocycles. The smallest absolute Gasteiger partial charge is 0.426 e. The topological polar surface area (TPSA) is 84.4 Å². The highest BCUT2D eigenvalue weighted by atomic mass is 19.4. The molecule has 1 aliphatic heterocycles. The van der Waals surface area contributed by atoms with Crippen LogP contribution in [-0.2, 0) is 15.7 Å². The van der Waals surface area contributed by atoms with Crippen molar-refractivity contribution in [1.82, 2.24) is 14.9 Å². The zero-order chi connectivity index (χ0) is 24.8. The van der Waals surface area contributed by atoms with Crippen LogP contribution in [0.3, 0.4) is 0 Å². The zero-order valence-corrected chi connectivity index (χ0v) is 16.3. The number of hydrogen-bond donors (Lipinski definition) is 1. The van der Waals surface area contributed by atoms with Gasteiger partial charge in [-0.1, -0.05) is 0 Å². The van der Waals surface area contributed by atoms with Crippen molar-refractivity contribution < 1.29 is 53.8 Å². The lowest BCUT2D eigenvalue weighted by molar-refractivity contribution is -0.308. The molecule has 0 unspecified atom stereocenters. The summed E-state index contributed by atoms with van der Waals surface area (Å²) in [6.07, 6.45) is -20.3. The predicted octanol–water partition coefficient (Wildman–Crippen LogP) is 4.17. The molecule has 1 aromatic heterocycles. The summed E-state index contributed by atoms with van der Waals surface area (Å²) >= 11 is 0. The first-order chi connectivity index (χ1) is 15.0. The molecule has 0 radical (unpaired) electrons. The number of rotatable bonds is 3. The van der Waals surface area contributed by atoms with Crippen molar-refractivity contribution in [3.8, 4) is 0 Å². The van der Waals surface area contributed by atoms with E-state index in [0.717, 1.165) is 12.4 Å². The highest BCUT2D eigenvalue weighted by Crippen LogP contribution is 2.59. The Morgan fingerprint density at radius 3 is 1.97 bits per heavy atom. The first-order valence-corrected chi connectivity index (χ1v) is 9.32. The first-order valence-electron chi connectivity index (χ1n) is 9.32. The monoisotopic (exact) mass is 494 g/mol. The first kappa shape index (κ1) is 24.8. The molecule has 2 aliphatic rings. The maximum absolute atomic E-state index is 12.6. The maximum atomic E-state index is 12.6. The second-order valence-corrected chi connectivity index (χ2v) is 7.74. The van der Waals surface area contributed by atoms with Crippen molar-refractivity contribution in [1.29, 1.82) is 0 Å². The molecule has 1 saturated heterocycles. The number of piperidine rings is 1. The molecule has 1 spiro atoms. The molecule has 16 heteroatoms. The summed E-state index contributed by atoms with van der Waals surface area (Å²) in [5, 5.41) is 2.36. The minimum Gasteiger partial charge on any atom is -0.426 e. The highest BCUT2D eigenvalue weighted by Gasteiger charge is 2.61. The van der Waals surface area contributed by atoms with Crippen LogP contribution in [-0.4, -0.2) is 58.4 Å². The second-order valence-electron chi connectivity index (χ2n) is 7.74. The minimum atomic E-state index is -5.83. The van der Waals surface area contributed by atoms with Gasteiger partial charge in [0, 0.05) is 19.0 Å². The van der Waals surface area contributed by atoms with E-state index in [0.29, 0.717) is 11.3 Å². The van der Waals surface area contributed by atoms with Gasteiger partial charge < -0.3 is 15.0 Å². The van der Waals surface area contributed by atoms with Gasteiger partial charge in [-0.3, -0.25) is 4.79 Å². The SMILES string of the molecule is O=C(Nc1cnc(C(F)(F)F)nc1)[C@@H]1CC12CCN(C(=O)OC(C(F)(F)F)C(F)(F)F)CC2. The van der Waals surface area contributed by atoms with Crippen molar-refractivity contribution in [2.24, 2.45) is 11.3 Å². The third kappa shape index (κ3) is 5.58. The number of hydrogen-bond acceptors (Lipinski definition) is 5. The van der Waals surface area contributed by atoms with E-state index in [1.165, 1.54) is 0 Å². The van der Waals surface area contributed by atoms with Crippen molar-refractivity contribution in [3.05, 3.63) is 18.2 Å². The molecule has 184 valence electrons. The van der Waals surface area contributed by atoms with E-state index < -0.39 is 53.8 Å². The number of carbonyl (C=O) groups is 2. The van der Waals surface area contributed by atoms with Gasteiger partial charge in [-0.2, -0.15) is 39.5 Å². The quantitative estimate of drug-likeness (QED) is 0.638. The molecule has 2 heterocycles. The molecule has 0 bridgehead atoms. The molecule has 1 N–H and O–H groups in total. The van der Waals surface area contributed by atoms with Crippen LogP contribution in [0.5, 0.6) is 0 Å². The Kier molecular flexibility index (Phi) is 6.17. The number of nitrogens with one attached hydrogen (secondary N) is 1. The molecular formula is C17H15F9N4O3. The Balaban J connectivity index is 1.53. The van der Waals surface area contributed by atoms with Gasteiger partial charge in [-0.05, 0) is 24.7 Å². The lowest BCUT2D eigenvalue weighted by Gasteiger charge is -2.33. The third-order valence-electron chi connectivity index (χ3n) is 5.51. The average Bonchev–Trinajstić information content (AvgIpc) is 3.38. The summed E-state index contributed by atoms with van der Waals surface area (Å²) in [5.41, 5.74) is -0.706. The number of likely N-dealkylation sites (tertiary alicyclic amines) is 1. The summed E-state index contributed by atoms with van der Waals surface area (Å²) in [5.74, 6) is -2.54. The van der Waals surface area contributed by atoms with E-state index >= 15 is 0 Å². The normalized spacial score (nSPS) is 20.7. The standard InChI is InChI=1S/C17H15F9N4O3/c18-15(19,20)11(16(21,22)23)33-13(32)30-3-1-14(2-4-30)5-9(14)10(31)29-8-6-27-12(28-7-8)17(24,25)26/h6-7,9,11H,1-5H2,(H,29,31)/t9-/m0/s1. The fourth-order valence-corrected chi connectivity index (χ4v) is 3.67. The van der Waals surface area contributed by atoms with Gasteiger partial charge >= 0.3 is 24.6 Å². The second kappa shape index (κ2) is 8.20. The van der Waals surface area contributed by atoms with Crippen LogP contribution in [0.1, 0.15) is 25.1 Å². The predicted molar refractivity (Wildman–Crippen MR) is 89.4 cm³/mol. The summed E-state index contributed by atoms with van der Waals surface area (Å²) < 4.78 is 116. The fraction of sp³-hybridized carbons (Fsp3) is 0.647. The van der Waals surface area contributed by atoms with Gasteiger partial charge in [-0.15, -0.1) is 0 Å².